The molecule has 0 saturated heterocycles. The van der Waals surface area contributed by atoms with E-state index in [1.165, 1.54) is 12.8 Å². The van der Waals surface area contributed by atoms with Gasteiger partial charge in [-0.3, -0.25) is 0 Å². The summed E-state index contributed by atoms with van der Waals surface area (Å²) in [5.74, 6) is 0. The zero-order valence-electron chi connectivity index (χ0n) is 10.4. The molecule has 0 aliphatic rings. The van der Waals surface area contributed by atoms with Crippen LogP contribution in [0.1, 0.15) is 54.4 Å². The van der Waals surface area contributed by atoms with E-state index in [2.05, 4.69) is 41.5 Å². The fourth-order valence-electron chi connectivity index (χ4n) is 2.07. The molecule has 0 bridgehead atoms. The zero-order valence-corrected chi connectivity index (χ0v) is 12.4. The van der Waals surface area contributed by atoms with Gasteiger partial charge in [-0.25, -0.2) is 0 Å². The Balaban J connectivity index is 4.69. The molecule has 0 amide bonds. The van der Waals surface area contributed by atoms with Gasteiger partial charge in [0.15, 0.2) is 0 Å². The van der Waals surface area contributed by atoms with Gasteiger partial charge in [0, 0.05) is 0 Å². The van der Waals surface area contributed by atoms with Gasteiger partial charge >= 0.3 is 0 Å². The maximum atomic E-state index is 5.80. The van der Waals surface area contributed by atoms with Gasteiger partial charge in [-0.2, -0.15) is 0 Å². The summed E-state index contributed by atoms with van der Waals surface area (Å²) in [7, 11) is 0.843. The second-order valence-corrected chi connectivity index (χ2v) is 5.77. The van der Waals surface area contributed by atoms with Gasteiger partial charge in [0.05, 0.1) is 6.10 Å². The summed E-state index contributed by atoms with van der Waals surface area (Å²) < 4.78 is 5.80. The van der Waals surface area contributed by atoms with Crippen molar-refractivity contribution in [3.05, 3.63) is 0 Å². The highest BCUT2D eigenvalue weighted by Gasteiger charge is 2.38. The predicted octanol–water partition coefficient (Wildman–Crippen LogP) is 2.52. The van der Waals surface area contributed by atoms with Crippen LogP contribution in [0.3, 0.4) is 0 Å². The largest absolute Gasteiger partial charge is 0.424 e. The number of rotatable bonds is 5. The van der Waals surface area contributed by atoms with Crippen LogP contribution < -0.4 is 0 Å². The van der Waals surface area contributed by atoms with E-state index in [4.69, 9.17) is 4.43 Å². The van der Waals surface area contributed by atoms with Crippen molar-refractivity contribution in [3.63, 3.8) is 0 Å². The van der Waals surface area contributed by atoms with Crippen LogP contribution >= 0.6 is 0 Å². The van der Waals surface area contributed by atoms with Gasteiger partial charge in [-0.1, -0.05) is 41.5 Å². The highest BCUT2D eigenvalue weighted by atomic mass is 28.2. The Labute approximate surface area is 86.8 Å². The van der Waals surface area contributed by atoms with Crippen molar-refractivity contribution in [2.45, 2.75) is 60.5 Å². The molecule has 80 valence electrons. The average molecular weight is 202 g/mol. The molecule has 0 aromatic carbocycles. The summed E-state index contributed by atoms with van der Waals surface area (Å²) in [4.78, 5) is 0. The Hall–Kier alpha value is 0.177. The van der Waals surface area contributed by atoms with E-state index < -0.39 is 0 Å². The lowest BCUT2D eigenvalue weighted by molar-refractivity contribution is -0.0194. The second kappa shape index (κ2) is 4.60. The lowest BCUT2D eigenvalue weighted by atomic mass is 9.69. The van der Waals surface area contributed by atoms with Crippen molar-refractivity contribution in [1.82, 2.24) is 0 Å². The quantitative estimate of drug-likeness (QED) is 0.623. The molecular formula is C11H26OSi. The van der Waals surface area contributed by atoms with E-state index >= 15 is 0 Å². The van der Waals surface area contributed by atoms with E-state index in [1.54, 1.807) is 0 Å². The normalized spacial score (nSPS) is 14.1. The van der Waals surface area contributed by atoms with E-state index in [0.717, 1.165) is 10.5 Å². The predicted molar refractivity (Wildman–Crippen MR) is 63.0 cm³/mol. The summed E-state index contributed by atoms with van der Waals surface area (Å²) in [5.41, 5.74) is 0.614. The van der Waals surface area contributed by atoms with Crippen molar-refractivity contribution in [2.24, 2.45) is 10.8 Å². The minimum atomic E-state index is 0.307. The van der Waals surface area contributed by atoms with Crippen LogP contribution in [0.4, 0.5) is 0 Å². The summed E-state index contributed by atoms with van der Waals surface area (Å²) in [6.07, 6.45) is 2.77. The molecular weight excluding hydrogens is 176 g/mol. The van der Waals surface area contributed by atoms with E-state index in [1.807, 2.05) is 0 Å². The van der Waals surface area contributed by atoms with Gasteiger partial charge in [0.25, 0.3) is 0 Å². The summed E-state index contributed by atoms with van der Waals surface area (Å²) in [6.45, 7) is 13.7. The fourth-order valence-corrected chi connectivity index (χ4v) is 3.34. The lowest BCUT2D eigenvalue weighted by Gasteiger charge is -2.43. The molecule has 0 aromatic heterocycles. The summed E-state index contributed by atoms with van der Waals surface area (Å²) in [5, 5.41) is 0. The van der Waals surface area contributed by atoms with Crippen LogP contribution in [-0.2, 0) is 4.43 Å². The summed E-state index contributed by atoms with van der Waals surface area (Å²) >= 11 is 0. The zero-order chi connectivity index (χ0) is 10.7. The minimum Gasteiger partial charge on any atom is -0.424 e. The first-order valence-electron chi connectivity index (χ1n) is 5.34. The van der Waals surface area contributed by atoms with Gasteiger partial charge in [-0.15, -0.1) is 0 Å². The Kier molecular flexibility index (Phi) is 4.67. The highest BCUT2D eigenvalue weighted by molar-refractivity contribution is 5.98. The molecule has 0 heterocycles. The molecule has 1 nitrogen and oxygen atoms in total. The van der Waals surface area contributed by atoms with Crippen molar-refractivity contribution in [1.29, 1.82) is 0 Å². The molecule has 0 radical (unpaired) electrons. The summed E-state index contributed by atoms with van der Waals surface area (Å²) in [6, 6.07) is 0. The molecule has 0 fully saturated rings. The van der Waals surface area contributed by atoms with Crippen LogP contribution in [0, 0.1) is 10.8 Å². The molecule has 0 saturated carbocycles. The first-order valence-corrected chi connectivity index (χ1v) is 6.16. The lowest BCUT2D eigenvalue weighted by Crippen LogP contribution is -2.42. The number of hydrogen-bond acceptors (Lipinski definition) is 1. The monoisotopic (exact) mass is 202 g/mol. The molecule has 0 N–H and O–H groups in total. The van der Waals surface area contributed by atoms with E-state index in [-0.39, 0.29) is 0 Å². The standard InChI is InChI=1S/C11H26OSi/c1-7-10(3,4)9(12-13)11(5,6)8-2/h9H,7-8H2,1-6,13H3. The fraction of sp³-hybridized carbons (Fsp3) is 1.00. The molecule has 0 unspecified atom stereocenters. The van der Waals surface area contributed by atoms with E-state index in [9.17, 15) is 0 Å². The Morgan fingerprint density at radius 3 is 1.46 bits per heavy atom. The third-order valence-electron chi connectivity index (χ3n) is 3.48. The van der Waals surface area contributed by atoms with Crippen molar-refractivity contribution in [3.8, 4) is 0 Å². The molecule has 0 aliphatic heterocycles. The van der Waals surface area contributed by atoms with Gasteiger partial charge < -0.3 is 4.43 Å². The highest BCUT2D eigenvalue weighted by Crippen LogP contribution is 2.40. The minimum absolute atomic E-state index is 0.307. The maximum absolute atomic E-state index is 5.80. The SMILES string of the molecule is CCC(C)(C)C(O[SiH3])C(C)(C)CC. The van der Waals surface area contributed by atoms with Crippen molar-refractivity contribution < 1.29 is 4.43 Å². The van der Waals surface area contributed by atoms with Gasteiger partial charge in [0.2, 0.25) is 0 Å². The molecule has 0 rings (SSSR count). The molecule has 0 aliphatic carbocycles. The van der Waals surface area contributed by atoms with Crippen LogP contribution in [-0.4, -0.2) is 16.6 Å². The Morgan fingerprint density at radius 1 is 1.00 bits per heavy atom. The molecule has 2 heteroatoms. The smallest absolute Gasteiger partial charge is 0.146 e. The molecule has 13 heavy (non-hydrogen) atoms. The Bertz CT molecular complexity index is 136. The maximum Gasteiger partial charge on any atom is 0.146 e. The van der Waals surface area contributed by atoms with Gasteiger partial charge in [0.1, 0.15) is 10.5 Å². The first kappa shape index (κ1) is 13.2. The van der Waals surface area contributed by atoms with Crippen molar-refractivity contribution in [2.75, 3.05) is 0 Å². The molecule has 0 spiro atoms. The van der Waals surface area contributed by atoms with Crippen LogP contribution in [0.5, 0.6) is 0 Å². The topological polar surface area (TPSA) is 9.23 Å². The Morgan fingerprint density at radius 2 is 1.31 bits per heavy atom. The van der Waals surface area contributed by atoms with E-state index in [0.29, 0.717) is 16.9 Å². The average Bonchev–Trinajstić information content (AvgIpc) is 2.05. The number of hydrogen-bond donors (Lipinski definition) is 0. The van der Waals surface area contributed by atoms with Crippen LogP contribution in [0.2, 0.25) is 0 Å². The van der Waals surface area contributed by atoms with Crippen LogP contribution in [0.15, 0.2) is 0 Å². The van der Waals surface area contributed by atoms with Crippen molar-refractivity contribution >= 4 is 10.5 Å². The second-order valence-electron chi connectivity index (χ2n) is 5.30. The van der Waals surface area contributed by atoms with Gasteiger partial charge in [-0.05, 0) is 23.7 Å². The third kappa shape index (κ3) is 3.10. The third-order valence-corrected chi connectivity index (χ3v) is 3.95. The molecule has 0 aromatic rings. The van der Waals surface area contributed by atoms with Crippen LogP contribution in [0.25, 0.3) is 0 Å². The molecule has 0 atom stereocenters. The first-order chi connectivity index (χ1) is 5.81.